The van der Waals surface area contributed by atoms with Gasteiger partial charge < -0.3 is 15.2 Å². The Hall–Kier alpha value is -0.650. The Morgan fingerprint density at radius 2 is 2.00 bits per heavy atom. The number of hydrogen-bond donors (Lipinski definition) is 2. The summed E-state index contributed by atoms with van der Waals surface area (Å²) in [5.41, 5.74) is 0. The second kappa shape index (κ2) is 9.28. The van der Waals surface area contributed by atoms with Crippen LogP contribution in [0.4, 0.5) is 0 Å². The number of ether oxygens (including phenoxy) is 1. The van der Waals surface area contributed by atoms with Gasteiger partial charge in [0.05, 0.1) is 19.1 Å². The van der Waals surface area contributed by atoms with Gasteiger partial charge in [-0.1, -0.05) is 13.3 Å². The predicted octanol–water partition coefficient (Wildman–Crippen LogP) is 1.19. The van der Waals surface area contributed by atoms with Crippen LogP contribution in [0.5, 0.6) is 0 Å². The van der Waals surface area contributed by atoms with Crippen LogP contribution in [0.25, 0.3) is 0 Å². The van der Waals surface area contributed by atoms with Crippen LogP contribution >= 0.6 is 0 Å². The number of carbonyl (C=O) groups is 1. The molecule has 2 atom stereocenters. The molecule has 1 aliphatic rings. The summed E-state index contributed by atoms with van der Waals surface area (Å²) in [7, 11) is 0. The fourth-order valence-corrected chi connectivity index (χ4v) is 2.25. The molecule has 0 saturated carbocycles. The number of nitrogens with zero attached hydrogens (tertiary/aromatic N) is 1. The van der Waals surface area contributed by atoms with Crippen molar-refractivity contribution in [3.05, 3.63) is 0 Å². The number of nitrogens with one attached hydrogen (secondary N) is 1. The fraction of sp³-hybridized carbons (Fsp3) is 0.929. The average molecular weight is 272 g/mol. The Morgan fingerprint density at radius 3 is 2.63 bits per heavy atom. The lowest BCUT2D eigenvalue weighted by Gasteiger charge is -2.27. The highest BCUT2D eigenvalue weighted by molar-refractivity contribution is 5.69. The van der Waals surface area contributed by atoms with Crippen LogP contribution in [0, 0.1) is 5.92 Å². The Labute approximate surface area is 116 Å². The van der Waals surface area contributed by atoms with E-state index >= 15 is 0 Å². The fourth-order valence-electron chi connectivity index (χ4n) is 2.25. The molecule has 19 heavy (non-hydrogen) atoms. The molecule has 1 heterocycles. The van der Waals surface area contributed by atoms with E-state index in [2.05, 4.69) is 17.1 Å². The van der Waals surface area contributed by atoms with Crippen LogP contribution in [-0.2, 0) is 9.53 Å². The van der Waals surface area contributed by atoms with Crippen molar-refractivity contribution >= 4 is 5.97 Å². The van der Waals surface area contributed by atoms with Crippen molar-refractivity contribution in [2.24, 2.45) is 5.92 Å². The molecule has 0 radical (unpaired) electrons. The standard InChI is InChI=1S/C14H28N2O3/c1-12(14(17)18)4-3-5-13(2)15-6-7-16-8-10-19-11-9-16/h12-13,15H,3-11H2,1-2H3,(H,17,18). The molecular weight excluding hydrogens is 244 g/mol. The van der Waals surface area contributed by atoms with E-state index in [1.54, 1.807) is 6.92 Å². The highest BCUT2D eigenvalue weighted by Crippen LogP contribution is 2.09. The topological polar surface area (TPSA) is 61.8 Å². The maximum Gasteiger partial charge on any atom is 0.306 e. The zero-order chi connectivity index (χ0) is 14.1. The Morgan fingerprint density at radius 1 is 1.32 bits per heavy atom. The molecule has 1 aliphatic heterocycles. The third-order valence-electron chi connectivity index (χ3n) is 3.72. The maximum atomic E-state index is 10.7. The number of aliphatic carboxylic acids is 1. The minimum absolute atomic E-state index is 0.222. The smallest absolute Gasteiger partial charge is 0.306 e. The normalized spacial score (nSPS) is 20.1. The summed E-state index contributed by atoms with van der Waals surface area (Å²) >= 11 is 0. The van der Waals surface area contributed by atoms with Crippen molar-refractivity contribution in [2.45, 2.75) is 39.2 Å². The monoisotopic (exact) mass is 272 g/mol. The van der Waals surface area contributed by atoms with Gasteiger partial charge >= 0.3 is 5.97 Å². The molecule has 5 heteroatoms. The number of carboxylic acid groups (broad SMARTS) is 1. The van der Waals surface area contributed by atoms with Crippen LogP contribution in [-0.4, -0.2) is 61.4 Å². The zero-order valence-corrected chi connectivity index (χ0v) is 12.2. The molecule has 2 unspecified atom stereocenters. The van der Waals surface area contributed by atoms with Gasteiger partial charge in [0, 0.05) is 32.2 Å². The second-order valence-corrected chi connectivity index (χ2v) is 5.48. The van der Waals surface area contributed by atoms with E-state index in [0.717, 1.165) is 58.7 Å². The van der Waals surface area contributed by atoms with Crippen molar-refractivity contribution < 1.29 is 14.6 Å². The van der Waals surface area contributed by atoms with Crippen LogP contribution in [0.15, 0.2) is 0 Å². The first-order chi connectivity index (χ1) is 9.09. The summed E-state index contributed by atoms with van der Waals surface area (Å²) in [6.07, 6.45) is 2.78. The molecule has 5 nitrogen and oxygen atoms in total. The molecule has 112 valence electrons. The SMILES string of the molecule is CC(CCCC(C)C(=O)O)NCCN1CCOCC1. The average Bonchev–Trinajstić information content (AvgIpc) is 2.39. The summed E-state index contributed by atoms with van der Waals surface area (Å²) in [4.78, 5) is 13.1. The number of morpholine rings is 1. The van der Waals surface area contributed by atoms with Gasteiger partial charge in [0.1, 0.15) is 0 Å². The summed E-state index contributed by atoms with van der Waals surface area (Å²) in [5.74, 6) is -0.909. The summed E-state index contributed by atoms with van der Waals surface area (Å²) in [6.45, 7) is 9.78. The lowest BCUT2D eigenvalue weighted by molar-refractivity contribution is -0.141. The van der Waals surface area contributed by atoms with Crippen molar-refractivity contribution in [1.29, 1.82) is 0 Å². The van der Waals surface area contributed by atoms with E-state index in [1.165, 1.54) is 0 Å². The number of carboxylic acids is 1. The van der Waals surface area contributed by atoms with Gasteiger partial charge in [-0.25, -0.2) is 0 Å². The third kappa shape index (κ3) is 7.50. The van der Waals surface area contributed by atoms with Gasteiger partial charge in [0.2, 0.25) is 0 Å². The first kappa shape index (κ1) is 16.4. The molecular formula is C14H28N2O3. The van der Waals surface area contributed by atoms with Gasteiger partial charge in [-0.2, -0.15) is 0 Å². The molecule has 0 spiro atoms. The van der Waals surface area contributed by atoms with Gasteiger partial charge in [0.15, 0.2) is 0 Å². The van der Waals surface area contributed by atoms with Crippen LogP contribution < -0.4 is 5.32 Å². The Kier molecular flexibility index (Phi) is 8.02. The molecule has 1 saturated heterocycles. The second-order valence-electron chi connectivity index (χ2n) is 5.48. The van der Waals surface area contributed by atoms with E-state index in [4.69, 9.17) is 9.84 Å². The summed E-state index contributed by atoms with van der Waals surface area (Å²) in [5, 5.41) is 12.3. The number of hydrogen-bond acceptors (Lipinski definition) is 4. The van der Waals surface area contributed by atoms with E-state index < -0.39 is 5.97 Å². The lowest BCUT2D eigenvalue weighted by Crippen LogP contribution is -2.41. The lowest BCUT2D eigenvalue weighted by atomic mass is 10.0. The van der Waals surface area contributed by atoms with Gasteiger partial charge in [-0.15, -0.1) is 0 Å². The molecule has 0 aromatic heterocycles. The van der Waals surface area contributed by atoms with E-state index in [0.29, 0.717) is 6.04 Å². The quantitative estimate of drug-likeness (QED) is 0.660. The molecule has 0 bridgehead atoms. The van der Waals surface area contributed by atoms with Crippen molar-refractivity contribution in [3.8, 4) is 0 Å². The van der Waals surface area contributed by atoms with E-state index in [-0.39, 0.29) is 5.92 Å². The minimum Gasteiger partial charge on any atom is -0.481 e. The van der Waals surface area contributed by atoms with Crippen LogP contribution in [0.1, 0.15) is 33.1 Å². The van der Waals surface area contributed by atoms with Crippen LogP contribution in [0.3, 0.4) is 0 Å². The first-order valence-corrected chi connectivity index (χ1v) is 7.36. The molecule has 0 aromatic rings. The summed E-state index contributed by atoms with van der Waals surface area (Å²) in [6, 6.07) is 0.460. The van der Waals surface area contributed by atoms with Crippen LogP contribution in [0.2, 0.25) is 0 Å². The molecule has 2 N–H and O–H groups in total. The maximum absolute atomic E-state index is 10.7. The van der Waals surface area contributed by atoms with Gasteiger partial charge in [0.25, 0.3) is 0 Å². The van der Waals surface area contributed by atoms with E-state index in [9.17, 15) is 4.79 Å². The molecule has 1 fully saturated rings. The van der Waals surface area contributed by atoms with Gasteiger partial charge in [-0.3, -0.25) is 9.69 Å². The zero-order valence-electron chi connectivity index (χ0n) is 12.2. The van der Waals surface area contributed by atoms with Crippen molar-refractivity contribution in [2.75, 3.05) is 39.4 Å². The molecule has 0 aromatic carbocycles. The molecule has 1 rings (SSSR count). The highest BCUT2D eigenvalue weighted by atomic mass is 16.5. The van der Waals surface area contributed by atoms with Crippen molar-refractivity contribution in [3.63, 3.8) is 0 Å². The molecule has 0 amide bonds. The number of rotatable bonds is 9. The predicted molar refractivity (Wildman–Crippen MR) is 75.4 cm³/mol. The highest BCUT2D eigenvalue weighted by Gasteiger charge is 2.12. The van der Waals surface area contributed by atoms with E-state index in [1.807, 2.05) is 0 Å². The minimum atomic E-state index is -0.687. The Balaban J connectivity index is 1.98. The third-order valence-corrected chi connectivity index (χ3v) is 3.72. The Bertz CT molecular complexity index is 255. The van der Waals surface area contributed by atoms with Gasteiger partial charge in [-0.05, 0) is 19.8 Å². The largest absolute Gasteiger partial charge is 0.481 e. The first-order valence-electron chi connectivity index (χ1n) is 7.36. The van der Waals surface area contributed by atoms with Crippen molar-refractivity contribution in [1.82, 2.24) is 10.2 Å². The molecule has 0 aliphatic carbocycles. The summed E-state index contributed by atoms with van der Waals surface area (Å²) < 4.78 is 5.31.